The minimum absolute atomic E-state index is 0.0533. The lowest BCUT2D eigenvalue weighted by Gasteiger charge is -2.37. The summed E-state index contributed by atoms with van der Waals surface area (Å²) in [4.78, 5) is 29.9. The number of nitrogens with zero attached hydrogens (tertiary/aromatic N) is 2. The van der Waals surface area contributed by atoms with Crippen LogP contribution in [0.2, 0.25) is 0 Å². The van der Waals surface area contributed by atoms with Gasteiger partial charge in [0, 0.05) is 24.9 Å². The van der Waals surface area contributed by atoms with E-state index in [1.807, 2.05) is 11.4 Å². The van der Waals surface area contributed by atoms with Crippen molar-refractivity contribution in [3.05, 3.63) is 52.0 Å². The summed E-state index contributed by atoms with van der Waals surface area (Å²) in [7, 11) is 0. The van der Waals surface area contributed by atoms with E-state index in [1.54, 1.807) is 39.3 Å². The van der Waals surface area contributed by atoms with Gasteiger partial charge in [-0.2, -0.15) is 0 Å². The Kier molecular flexibility index (Phi) is 7.48. The van der Waals surface area contributed by atoms with E-state index in [2.05, 4.69) is 13.8 Å². The van der Waals surface area contributed by atoms with Gasteiger partial charge in [0.1, 0.15) is 6.61 Å². The van der Waals surface area contributed by atoms with Gasteiger partial charge < -0.3 is 14.5 Å². The fraction of sp³-hybridized carbons (Fsp3) is 0.478. The minimum Gasteiger partial charge on any atom is -0.488 e. The van der Waals surface area contributed by atoms with E-state index in [0.717, 1.165) is 18.4 Å². The Labute approximate surface area is 181 Å². The lowest BCUT2D eigenvalue weighted by Crippen LogP contribution is -2.47. The van der Waals surface area contributed by atoms with Gasteiger partial charge in [-0.1, -0.05) is 26.0 Å². The number of rotatable bonds is 8. The van der Waals surface area contributed by atoms with Gasteiger partial charge >= 0.3 is 0 Å². The molecular weight excluding hydrogens is 403 g/mol. The number of carbonyl (C=O) groups excluding carboxylic acids is 2. The molecule has 1 aliphatic rings. The summed E-state index contributed by atoms with van der Waals surface area (Å²) in [5, 5.41) is 2.01. The van der Waals surface area contributed by atoms with E-state index >= 15 is 0 Å². The lowest BCUT2D eigenvalue weighted by molar-refractivity contribution is -0.142. The predicted octanol–water partition coefficient (Wildman–Crippen LogP) is 4.29. The molecule has 2 heterocycles. The van der Waals surface area contributed by atoms with Gasteiger partial charge in [-0.25, -0.2) is 4.39 Å². The largest absolute Gasteiger partial charge is 0.488 e. The second-order valence-electron chi connectivity index (χ2n) is 8.02. The lowest BCUT2D eigenvalue weighted by atomic mass is 10.0. The fourth-order valence-electron chi connectivity index (χ4n) is 3.62. The Balaban J connectivity index is 1.75. The SMILES string of the molecule is CC(=O)N(CCC(C)C)CC(=O)N1CCc2sccc2[C@@H]1COc1ccccc1F. The third kappa shape index (κ3) is 5.39. The molecule has 3 rings (SSSR count). The monoisotopic (exact) mass is 432 g/mol. The normalized spacial score (nSPS) is 15.8. The maximum Gasteiger partial charge on any atom is 0.242 e. The number of halogens is 1. The zero-order valence-electron chi connectivity index (χ0n) is 17.8. The molecule has 0 spiro atoms. The zero-order chi connectivity index (χ0) is 21.7. The van der Waals surface area contributed by atoms with Gasteiger partial charge in [0.25, 0.3) is 0 Å². The van der Waals surface area contributed by atoms with Crippen molar-refractivity contribution in [3.8, 4) is 5.75 Å². The van der Waals surface area contributed by atoms with Gasteiger partial charge in [-0.15, -0.1) is 11.3 Å². The molecule has 0 saturated heterocycles. The highest BCUT2D eigenvalue weighted by Gasteiger charge is 2.33. The fourth-order valence-corrected chi connectivity index (χ4v) is 4.55. The Morgan fingerprint density at radius 3 is 2.77 bits per heavy atom. The van der Waals surface area contributed by atoms with Crippen molar-refractivity contribution in [3.63, 3.8) is 0 Å². The number of fused-ring (bicyclic) bond motifs is 1. The van der Waals surface area contributed by atoms with Crippen molar-refractivity contribution >= 4 is 23.2 Å². The predicted molar refractivity (Wildman–Crippen MR) is 116 cm³/mol. The molecule has 0 unspecified atom stereocenters. The van der Waals surface area contributed by atoms with Crippen LogP contribution in [0.3, 0.4) is 0 Å². The molecule has 0 fully saturated rings. The van der Waals surface area contributed by atoms with Crippen molar-refractivity contribution in [2.75, 3.05) is 26.2 Å². The topological polar surface area (TPSA) is 49.9 Å². The second kappa shape index (κ2) is 10.1. The van der Waals surface area contributed by atoms with Gasteiger partial charge in [-0.3, -0.25) is 9.59 Å². The highest BCUT2D eigenvalue weighted by Crippen LogP contribution is 2.34. The molecule has 162 valence electrons. The van der Waals surface area contributed by atoms with Gasteiger partial charge in [0.2, 0.25) is 11.8 Å². The molecule has 0 radical (unpaired) electrons. The van der Waals surface area contributed by atoms with E-state index in [-0.39, 0.29) is 36.8 Å². The number of amides is 2. The number of thiophene rings is 1. The van der Waals surface area contributed by atoms with Crippen LogP contribution in [0, 0.1) is 11.7 Å². The summed E-state index contributed by atoms with van der Waals surface area (Å²) in [6.07, 6.45) is 1.63. The molecule has 0 N–H and O–H groups in total. The van der Waals surface area contributed by atoms with E-state index in [9.17, 15) is 14.0 Å². The average Bonchev–Trinajstić information content (AvgIpc) is 3.18. The smallest absolute Gasteiger partial charge is 0.242 e. The van der Waals surface area contributed by atoms with Crippen LogP contribution in [-0.4, -0.2) is 47.9 Å². The van der Waals surface area contributed by atoms with Gasteiger partial charge in [-0.05, 0) is 47.9 Å². The first-order valence-corrected chi connectivity index (χ1v) is 11.2. The molecule has 0 aliphatic carbocycles. The highest BCUT2D eigenvalue weighted by molar-refractivity contribution is 7.10. The van der Waals surface area contributed by atoms with E-state index in [1.165, 1.54) is 17.9 Å². The molecule has 2 aromatic rings. The number of hydrogen-bond donors (Lipinski definition) is 0. The van der Waals surface area contributed by atoms with Gasteiger partial charge in [0.05, 0.1) is 12.6 Å². The van der Waals surface area contributed by atoms with Crippen LogP contribution in [0.15, 0.2) is 35.7 Å². The minimum atomic E-state index is -0.423. The third-order valence-corrected chi connectivity index (χ3v) is 6.39. The van der Waals surface area contributed by atoms with Crippen LogP contribution in [-0.2, 0) is 16.0 Å². The quantitative estimate of drug-likeness (QED) is 0.625. The molecule has 5 nitrogen and oxygen atoms in total. The van der Waals surface area contributed by atoms with Crippen LogP contribution in [0.4, 0.5) is 4.39 Å². The molecular formula is C23H29FN2O3S. The van der Waals surface area contributed by atoms with Crippen molar-refractivity contribution in [1.29, 1.82) is 0 Å². The van der Waals surface area contributed by atoms with E-state index < -0.39 is 5.82 Å². The van der Waals surface area contributed by atoms with Crippen molar-refractivity contribution in [2.45, 2.75) is 39.7 Å². The molecule has 7 heteroatoms. The third-order valence-electron chi connectivity index (χ3n) is 5.40. The summed E-state index contributed by atoms with van der Waals surface area (Å²) in [6, 6.07) is 7.99. The number of para-hydroxylation sites is 1. The molecule has 1 aromatic heterocycles. The summed E-state index contributed by atoms with van der Waals surface area (Å²) < 4.78 is 19.8. The molecule has 1 aromatic carbocycles. The van der Waals surface area contributed by atoms with Crippen LogP contribution in [0.25, 0.3) is 0 Å². The zero-order valence-corrected chi connectivity index (χ0v) is 18.6. The van der Waals surface area contributed by atoms with Crippen molar-refractivity contribution in [2.24, 2.45) is 5.92 Å². The molecule has 2 amide bonds. The molecule has 1 atom stereocenters. The summed E-state index contributed by atoms with van der Waals surface area (Å²) in [5.41, 5.74) is 1.05. The summed E-state index contributed by atoms with van der Waals surface area (Å²) >= 11 is 1.67. The Bertz CT molecular complexity index is 883. The van der Waals surface area contributed by atoms with Gasteiger partial charge in [0.15, 0.2) is 11.6 Å². The van der Waals surface area contributed by atoms with Crippen molar-refractivity contribution < 1.29 is 18.7 Å². The summed E-state index contributed by atoms with van der Waals surface area (Å²) in [6.45, 7) is 7.04. The summed E-state index contributed by atoms with van der Waals surface area (Å²) in [5.74, 6) is -0.000681. The average molecular weight is 433 g/mol. The molecule has 30 heavy (non-hydrogen) atoms. The standard InChI is InChI=1S/C23H29FN2O3S/c1-16(2)8-11-25(17(3)27)14-23(28)26-12-9-22-18(10-13-30-22)20(26)15-29-21-7-5-4-6-19(21)24/h4-7,10,13,16,20H,8-9,11-12,14-15H2,1-3H3/t20-/m0/s1. The van der Waals surface area contributed by atoms with Crippen LogP contribution >= 0.6 is 11.3 Å². The first-order valence-electron chi connectivity index (χ1n) is 10.4. The first kappa shape index (κ1) is 22.3. The number of carbonyl (C=O) groups is 2. The van der Waals surface area contributed by atoms with E-state index in [0.29, 0.717) is 19.0 Å². The Morgan fingerprint density at radius 2 is 2.07 bits per heavy atom. The van der Waals surface area contributed by atoms with Crippen molar-refractivity contribution in [1.82, 2.24) is 9.80 Å². The number of ether oxygens (including phenoxy) is 1. The second-order valence-corrected chi connectivity index (χ2v) is 9.02. The Morgan fingerprint density at radius 1 is 1.30 bits per heavy atom. The highest BCUT2D eigenvalue weighted by atomic mass is 32.1. The maximum absolute atomic E-state index is 14.0. The first-order chi connectivity index (χ1) is 14.4. The number of benzene rings is 1. The van der Waals surface area contributed by atoms with Crippen LogP contribution < -0.4 is 4.74 Å². The molecule has 0 bridgehead atoms. The van der Waals surface area contributed by atoms with Crippen LogP contribution in [0.1, 0.15) is 43.7 Å². The van der Waals surface area contributed by atoms with E-state index in [4.69, 9.17) is 4.74 Å². The maximum atomic E-state index is 14.0. The number of hydrogen-bond acceptors (Lipinski definition) is 4. The molecule has 0 saturated carbocycles. The Hall–Kier alpha value is -2.41. The van der Waals surface area contributed by atoms with Crippen LogP contribution in [0.5, 0.6) is 5.75 Å². The molecule has 1 aliphatic heterocycles.